The average molecular weight is 306 g/mol. The molecule has 6 heteroatoms. The lowest BCUT2D eigenvalue weighted by molar-refractivity contribution is 0.111. The molecule has 1 aliphatic rings. The third-order valence-corrected chi connectivity index (χ3v) is 5.69. The maximum absolute atomic E-state index is 12.7. The van der Waals surface area contributed by atoms with Crippen LogP contribution in [0.4, 0.5) is 0 Å². The van der Waals surface area contributed by atoms with Crippen LogP contribution in [0.15, 0.2) is 35.2 Å². The quantitative estimate of drug-likeness (QED) is 0.901. The molecule has 1 saturated carbocycles. The van der Waals surface area contributed by atoms with Crippen LogP contribution < -0.4 is 4.72 Å². The van der Waals surface area contributed by atoms with Crippen LogP contribution in [0.2, 0.25) is 0 Å². The van der Waals surface area contributed by atoms with Crippen molar-refractivity contribution in [1.82, 2.24) is 9.71 Å². The molecule has 1 fully saturated rings. The third-order valence-electron chi connectivity index (χ3n) is 4.08. The van der Waals surface area contributed by atoms with Gasteiger partial charge in [-0.3, -0.25) is 4.98 Å². The standard InChI is InChI=1S/C15H18N2O3S/c1-11-6-7-12-4-2-5-13(14(12)16-11)21(19,20)17-15(10-18)8-3-9-15/h2,4-7,17-18H,3,8-10H2,1H3. The summed E-state index contributed by atoms with van der Waals surface area (Å²) in [7, 11) is -3.71. The van der Waals surface area contributed by atoms with Crippen molar-refractivity contribution in [3.8, 4) is 0 Å². The molecule has 0 spiro atoms. The van der Waals surface area contributed by atoms with Crippen molar-refractivity contribution in [3.05, 3.63) is 36.0 Å². The van der Waals surface area contributed by atoms with E-state index in [0.717, 1.165) is 17.5 Å². The van der Waals surface area contributed by atoms with Gasteiger partial charge in [-0.15, -0.1) is 0 Å². The van der Waals surface area contributed by atoms with E-state index < -0.39 is 15.6 Å². The number of nitrogens with one attached hydrogen (secondary N) is 1. The number of aliphatic hydroxyl groups is 1. The van der Waals surface area contributed by atoms with Gasteiger partial charge < -0.3 is 5.11 Å². The predicted octanol–water partition coefficient (Wildman–Crippen LogP) is 1.74. The number of benzene rings is 1. The van der Waals surface area contributed by atoms with Gasteiger partial charge >= 0.3 is 0 Å². The number of para-hydroxylation sites is 1. The Morgan fingerprint density at radius 3 is 2.67 bits per heavy atom. The fraction of sp³-hybridized carbons (Fsp3) is 0.400. The Kier molecular flexibility index (Phi) is 3.47. The molecular weight excluding hydrogens is 288 g/mol. The van der Waals surface area contributed by atoms with E-state index in [0.29, 0.717) is 18.4 Å². The van der Waals surface area contributed by atoms with E-state index in [1.54, 1.807) is 12.1 Å². The first kappa shape index (κ1) is 14.4. The molecule has 0 atom stereocenters. The molecule has 2 N–H and O–H groups in total. The summed E-state index contributed by atoms with van der Waals surface area (Å²) in [6.45, 7) is 1.65. The van der Waals surface area contributed by atoms with E-state index in [1.165, 1.54) is 0 Å². The van der Waals surface area contributed by atoms with Crippen LogP contribution in [0, 0.1) is 6.92 Å². The van der Waals surface area contributed by atoms with E-state index in [9.17, 15) is 13.5 Å². The number of aryl methyl sites for hydroxylation is 1. The number of nitrogens with zero attached hydrogens (tertiary/aromatic N) is 1. The molecule has 0 amide bonds. The number of sulfonamides is 1. The maximum atomic E-state index is 12.7. The largest absolute Gasteiger partial charge is 0.394 e. The molecule has 0 aliphatic heterocycles. The summed E-state index contributed by atoms with van der Waals surface area (Å²) in [5.74, 6) is 0. The molecular formula is C15H18N2O3S. The lowest BCUT2D eigenvalue weighted by Crippen LogP contribution is -2.55. The lowest BCUT2D eigenvalue weighted by Gasteiger charge is -2.40. The Morgan fingerprint density at radius 2 is 2.05 bits per heavy atom. The van der Waals surface area contributed by atoms with Crippen molar-refractivity contribution >= 4 is 20.9 Å². The average Bonchev–Trinajstić information content (AvgIpc) is 2.42. The topological polar surface area (TPSA) is 79.3 Å². The van der Waals surface area contributed by atoms with E-state index >= 15 is 0 Å². The SMILES string of the molecule is Cc1ccc2cccc(S(=O)(=O)NC3(CO)CCC3)c2n1. The van der Waals surface area contributed by atoms with Gasteiger partial charge in [0.15, 0.2) is 0 Å². The molecule has 0 saturated heterocycles. The monoisotopic (exact) mass is 306 g/mol. The van der Waals surface area contributed by atoms with Gasteiger partial charge in [0.1, 0.15) is 4.90 Å². The summed E-state index contributed by atoms with van der Waals surface area (Å²) < 4.78 is 28.0. The molecule has 1 aromatic carbocycles. The molecule has 0 bridgehead atoms. The Labute approximate surface area is 124 Å². The highest BCUT2D eigenvalue weighted by Crippen LogP contribution is 2.33. The Morgan fingerprint density at radius 1 is 1.29 bits per heavy atom. The molecule has 2 aromatic rings. The van der Waals surface area contributed by atoms with Crippen LogP contribution in [-0.4, -0.2) is 30.7 Å². The highest BCUT2D eigenvalue weighted by atomic mass is 32.2. The van der Waals surface area contributed by atoms with Gasteiger partial charge in [-0.1, -0.05) is 18.2 Å². The zero-order valence-electron chi connectivity index (χ0n) is 11.8. The highest BCUT2D eigenvalue weighted by Gasteiger charge is 2.40. The van der Waals surface area contributed by atoms with E-state index in [2.05, 4.69) is 9.71 Å². The number of rotatable bonds is 4. The Hall–Kier alpha value is -1.50. The number of pyridine rings is 1. The van der Waals surface area contributed by atoms with Crippen molar-refractivity contribution < 1.29 is 13.5 Å². The second kappa shape index (κ2) is 5.05. The fourth-order valence-electron chi connectivity index (χ4n) is 2.67. The summed E-state index contributed by atoms with van der Waals surface area (Å²) in [4.78, 5) is 4.53. The number of aromatic nitrogens is 1. The Bertz CT molecular complexity index is 777. The highest BCUT2D eigenvalue weighted by molar-refractivity contribution is 7.89. The van der Waals surface area contributed by atoms with Gasteiger partial charge in [-0.05, 0) is 38.3 Å². The van der Waals surface area contributed by atoms with Crippen LogP contribution in [0.25, 0.3) is 10.9 Å². The normalized spacial score (nSPS) is 17.6. The lowest BCUT2D eigenvalue weighted by atomic mass is 9.78. The summed E-state index contributed by atoms with van der Waals surface area (Å²) in [5.41, 5.74) is 0.535. The molecule has 1 aliphatic carbocycles. The molecule has 112 valence electrons. The zero-order valence-corrected chi connectivity index (χ0v) is 12.7. The van der Waals surface area contributed by atoms with Crippen molar-refractivity contribution in [2.24, 2.45) is 0 Å². The predicted molar refractivity (Wildman–Crippen MR) is 80.5 cm³/mol. The first-order valence-corrected chi connectivity index (χ1v) is 8.45. The van der Waals surface area contributed by atoms with Gasteiger partial charge in [-0.25, -0.2) is 13.1 Å². The molecule has 5 nitrogen and oxygen atoms in total. The molecule has 1 aromatic heterocycles. The second-order valence-corrected chi connectivity index (χ2v) is 7.33. The summed E-state index contributed by atoms with van der Waals surface area (Å²) in [5, 5.41) is 10.2. The van der Waals surface area contributed by atoms with Gasteiger partial charge in [0.2, 0.25) is 10.0 Å². The van der Waals surface area contributed by atoms with Crippen LogP contribution in [0.5, 0.6) is 0 Å². The number of hydrogen-bond acceptors (Lipinski definition) is 4. The molecule has 0 radical (unpaired) electrons. The van der Waals surface area contributed by atoms with Crippen LogP contribution in [0.1, 0.15) is 25.0 Å². The minimum absolute atomic E-state index is 0.170. The van der Waals surface area contributed by atoms with E-state index in [1.807, 2.05) is 25.1 Å². The fourth-order valence-corrected chi connectivity index (χ4v) is 4.29. The van der Waals surface area contributed by atoms with Crippen molar-refractivity contribution in [2.45, 2.75) is 36.6 Å². The summed E-state index contributed by atoms with van der Waals surface area (Å²) in [6, 6.07) is 8.82. The molecule has 1 heterocycles. The minimum Gasteiger partial charge on any atom is -0.394 e. The van der Waals surface area contributed by atoms with Crippen LogP contribution in [0.3, 0.4) is 0 Å². The third kappa shape index (κ3) is 2.54. The van der Waals surface area contributed by atoms with Crippen molar-refractivity contribution in [3.63, 3.8) is 0 Å². The van der Waals surface area contributed by atoms with E-state index in [4.69, 9.17) is 0 Å². The number of hydrogen-bond donors (Lipinski definition) is 2. The molecule has 3 rings (SSSR count). The number of aliphatic hydroxyl groups excluding tert-OH is 1. The minimum atomic E-state index is -3.71. The zero-order chi connectivity index (χ0) is 15.1. The summed E-state index contributed by atoms with van der Waals surface area (Å²) in [6.07, 6.45) is 2.26. The van der Waals surface area contributed by atoms with Crippen LogP contribution in [-0.2, 0) is 10.0 Å². The molecule has 21 heavy (non-hydrogen) atoms. The molecule has 0 unspecified atom stereocenters. The van der Waals surface area contributed by atoms with Crippen molar-refractivity contribution in [2.75, 3.05) is 6.61 Å². The smallest absolute Gasteiger partial charge is 0.243 e. The van der Waals surface area contributed by atoms with Gasteiger partial charge in [-0.2, -0.15) is 0 Å². The van der Waals surface area contributed by atoms with Crippen molar-refractivity contribution in [1.29, 1.82) is 0 Å². The van der Waals surface area contributed by atoms with Gasteiger partial charge in [0, 0.05) is 11.1 Å². The first-order valence-electron chi connectivity index (χ1n) is 6.97. The number of fused-ring (bicyclic) bond motifs is 1. The second-order valence-electron chi connectivity index (χ2n) is 5.68. The Balaban J connectivity index is 2.08. The van der Waals surface area contributed by atoms with Crippen LogP contribution >= 0.6 is 0 Å². The first-order chi connectivity index (χ1) is 9.96. The maximum Gasteiger partial charge on any atom is 0.243 e. The van der Waals surface area contributed by atoms with E-state index in [-0.39, 0.29) is 11.5 Å². The summed E-state index contributed by atoms with van der Waals surface area (Å²) >= 11 is 0. The van der Waals surface area contributed by atoms with Gasteiger partial charge in [0.05, 0.1) is 17.7 Å². The van der Waals surface area contributed by atoms with Gasteiger partial charge in [0.25, 0.3) is 0 Å².